The summed E-state index contributed by atoms with van der Waals surface area (Å²) in [7, 11) is 0. The van der Waals surface area contributed by atoms with E-state index in [4.69, 9.17) is 4.98 Å². The number of nitrogens with one attached hydrogen (secondary N) is 1. The Morgan fingerprint density at radius 1 is 1.14 bits per heavy atom. The first-order chi connectivity index (χ1) is 13.8. The predicted octanol–water partition coefficient (Wildman–Crippen LogP) is 3.45. The van der Waals surface area contributed by atoms with Crippen LogP contribution in [0.5, 0.6) is 0 Å². The maximum atomic E-state index is 12.6. The van der Waals surface area contributed by atoms with Gasteiger partial charge >= 0.3 is 0 Å². The summed E-state index contributed by atoms with van der Waals surface area (Å²) in [6, 6.07) is 9.91. The zero-order chi connectivity index (χ0) is 18.9. The fourth-order valence-corrected chi connectivity index (χ4v) is 4.82. The molecule has 1 fully saturated rings. The molecule has 5 rings (SSSR count). The average molecular weight is 394 g/mol. The Labute approximate surface area is 168 Å². The summed E-state index contributed by atoms with van der Waals surface area (Å²) in [5.41, 5.74) is 2.22. The van der Waals surface area contributed by atoms with Crippen LogP contribution in [0.1, 0.15) is 63.6 Å². The van der Waals surface area contributed by atoms with Crippen LogP contribution >= 0.6 is 11.3 Å². The van der Waals surface area contributed by atoms with Gasteiger partial charge in [-0.2, -0.15) is 0 Å². The van der Waals surface area contributed by atoms with E-state index in [2.05, 4.69) is 15.4 Å². The Morgan fingerprint density at radius 3 is 2.75 bits per heavy atom. The molecule has 0 bridgehead atoms. The molecule has 0 atom stereocenters. The number of rotatable bonds is 6. The molecule has 0 saturated heterocycles. The molecule has 0 aliphatic heterocycles. The van der Waals surface area contributed by atoms with Crippen molar-refractivity contribution in [3.63, 3.8) is 0 Å². The zero-order valence-corrected chi connectivity index (χ0v) is 16.5. The van der Waals surface area contributed by atoms with Crippen LogP contribution in [0.2, 0.25) is 0 Å². The third kappa shape index (κ3) is 3.58. The summed E-state index contributed by atoms with van der Waals surface area (Å²) in [6.07, 6.45) is 7.75. The van der Waals surface area contributed by atoms with Crippen LogP contribution in [-0.2, 0) is 19.3 Å². The second kappa shape index (κ2) is 7.47. The number of nitrogens with zero attached hydrogens (tertiary/aromatic N) is 4. The third-order valence-electron chi connectivity index (χ3n) is 5.29. The fraction of sp³-hybridized carbons (Fsp3) is 0.429. The van der Waals surface area contributed by atoms with Crippen LogP contribution in [-0.4, -0.2) is 32.2 Å². The molecule has 2 heterocycles. The van der Waals surface area contributed by atoms with E-state index in [0.717, 1.165) is 48.6 Å². The van der Waals surface area contributed by atoms with E-state index in [9.17, 15) is 4.79 Å². The molecular weight excluding hydrogens is 370 g/mol. The number of thiazole rings is 1. The van der Waals surface area contributed by atoms with Gasteiger partial charge in [0.15, 0.2) is 0 Å². The van der Waals surface area contributed by atoms with Gasteiger partial charge < -0.3 is 5.32 Å². The first-order valence-corrected chi connectivity index (χ1v) is 10.9. The first kappa shape index (κ1) is 17.6. The van der Waals surface area contributed by atoms with Gasteiger partial charge in [-0.3, -0.25) is 4.79 Å². The van der Waals surface area contributed by atoms with Crippen molar-refractivity contribution in [1.82, 2.24) is 25.1 Å². The SMILES string of the molecule is O=C(NCCc1nc2c(s1)CCCC2)c1nc(C2CC2)n(-c2ccccc2)n1. The van der Waals surface area contributed by atoms with Gasteiger partial charge in [-0.1, -0.05) is 18.2 Å². The van der Waals surface area contributed by atoms with E-state index in [1.54, 1.807) is 11.3 Å². The Bertz CT molecular complexity index is 966. The van der Waals surface area contributed by atoms with Crippen LogP contribution in [0, 0.1) is 0 Å². The molecule has 144 valence electrons. The highest BCUT2D eigenvalue weighted by Gasteiger charge is 2.31. The number of hydrogen-bond acceptors (Lipinski definition) is 5. The summed E-state index contributed by atoms with van der Waals surface area (Å²) in [5.74, 6) is 1.35. The number of benzene rings is 1. The molecule has 2 aliphatic rings. The number of amides is 1. The lowest BCUT2D eigenvalue weighted by Gasteiger charge is -2.06. The molecule has 1 amide bonds. The Balaban J connectivity index is 1.26. The predicted molar refractivity (Wildman–Crippen MR) is 108 cm³/mol. The summed E-state index contributed by atoms with van der Waals surface area (Å²) in [6.45, 7) is 0.559. The Hall–Kier alpha value is -2.54. The van der Waals surface area contributed by atoms with Crippen molar-refractivity contribution < 1.29 is 4.79 Å². The van der Waals surface area contributed by atoms with Crippen molar-refractivity contribution in [2.75, 3.05) is 6.54 Å². The number of aryl methyl sites for hydroxylation is 2. The lowest BCUT2D eigenvalue weighted by atomic mass is 10.0. The Kier molecular flexibility index (Phi) is 4.68. The van der Waals surface area contributed by atoms with E-state index >= 15 is 0 Å². The van der Waals surface area contributed by atoms with Crippen molar-refractivity contribution in [2.45, 2.75) is 50.9 Å². The number of hydrogen-bond donors (Lipinski definition) is 1. The summed E-state index contributed by atoms with van der Waals surface area (Å²) in [4.78, 5) is 23.3. The monoisotopic (exact) mass is 393 g/mol. The number of aromatic nitrogens is 4. The molecule has 3 aromatic rings. The molecule has 0 radical (unpaired) electrons. The van der Waals surface area contributed by atoms with Crippen LogP contribution < -0.4 is 5.32 Å². The molecule has 7 heteroatoms. The quantitative estimate of drug-likeness (QED) is 0.696. The molecular formula is C21H23N5OS. The molecule has 6 nitrogen and oxygen atoms in total. The van der Waals surface area contributed by atoms with Crippen LogP contribution in [0.15, 0.2) is 30.3 Å². The number of fused-ring (bicyclic) bond motifs is 1. The highest BCUT2D eigenvalue weighted by atomic mass is 32.1. The van der Waals surface area contributed by atoms with Crippen molar-refractivity contribution in [1.29, 1.82) is 0 Å². The highest BCUT2D eigenvalue weighted by molar-refractivity contribution is 7.11. The van der Waals surface area contributed by atoms with Gasteiger partial charge in [0.2, 0.25) is 5.82 Å². The van der Waals surface area contributed by atoms with Crippen LogP contribution in [0.4, 0.5) is 0 Å². The summed E-state index contributed by atoms with van der Waals surface area (Å²) >= 11 is 1.80. The second-order valence-electron chi connectivity index (χ2n) is 7.51. The smallest absolute Gasteiger partial charge is 0.290 e. The topological polar surface area (TPSA) is 72.7 Å². The molecule has 1 N–H and O–H groups in total. The van der Waals surface area contributed by atoms with Gasteiger partial charge in [0.1, 0.15) is 5.82 Å². The minimum absolute atomic E-state index is 0.210. The molecule has 1 saturated carbocycles. The second-order valence-corrected chi connectivity index (χ2v) is 8.67. The number of carbonyl (C=O) groups excluding carboxylic acids is 1. The zero-order valence-electron chi connectivity index (χ0n) is 15.7. The molecule has 2 aromatic heterocycles. The normalized spacial score (nSPS) is 16.0. The maximum absolute atomic E-state index is 12.6. The van der Waals surface area contributed by atoms with Crippen molar-refractivity contribution in [3.05, 3.63) is 57.6 Å². The third-order valence-corrected chi connectivity index (χ3v) is 6.51. The van der Waals surface area contributed by atoms with Crippen LogP contribution in [0.3, 0.4) is 0 Å². The molecule has 0 unspecified atom stereocenters. The van der Waals surface area contributed by atoms with Crippen molar-refractivity contribution in [3.8, 4) is 5.69 Å². The minimum Gasteiger partial charge on any atom is -0.349 e. The maximum Gasteiger partial charge on any atom is 0.290 e. The van der Waals surface area contributed by atoms with E-state index in [1.807, 2.05) is 35.0 Å². The van der Waals surface area contributed by atoms with E-state index in [1.165, 1.54) is 23.4 Å². The van der Waals surface area contributed by atoms with Gasteiger partial charge in [-0.25, -0.2) is 14.6 Å². The Morgan fingerprint density at radius 2 is 1.96 bits per heavy atom. The van der Waals surface area contributed by atoms with Gasteiger partial charge in [0.05, 0.1) is 16.4 Å². The fourth-order valence-electron chi connectivity index (χ4n) is 3.66. The van der Waals surface area contributed by atoms with Crippen LogP contribution in [0.25, 0.3) is 5.69 Å². The van der Waals surface area contributed by atoms with Crippen molar-refractivity contribution >= 4 is 17.2 Å². The largest absolute Gasteiger partial charge is 0.349 e. The van der Waals surface area contributed by atoms with Gasteiger partial charge in [0, 0.05) is 23.8 Å². The average Bonchev–Trinajstić information content (AvgIpc) is 3.33. The standard InChI is InChI=1S/C21H23N5OS/c27-21(22-13-12-18-23-16-8-4-5-9-17(16)28-18)19-24-20(14-10-11-14)26(25-19)15-6-2-1-3-7-15/h1-3,6-7,14H,4-5,8-13H2,(H,22,27). The highest BCUT2D eigenvalue weighted by Crippen LogP contribution is 2.39. The molecule has 1 aromatic carbocycles. The molecule has 28 heavy (non-hydrogen) atoms. The van der Waals surface area contributed by atoms with Gasteiger partial charge in [-0.05, 0) is 50.7 Å². The summed E-state index contributed by atoms with van der Waals surface area (Å²) in [5, 5.41) is 8.59. The molecule has 0 spiro atoms. The van der Waals surface area contributed by atoms with E-state index in [0.29, 0.717) is 12.5 Å². The van der Waals surface area contributed by atoms with Gasteiger partial charge in [0.25, 0.3) is 5.91 Å². The lowest BCUT2D eigenvalue weighted by Crippen LogP contribution is -2.26. The van der Waals surface area contributed by atoms with E-state index in [-0.39, 0.29) is 11.7 Å². The molecule has 2 aliphatic carbocycles. The first-order valence-electron chi connectivity index (χ1n) is 10.1. The minimum atomic E-state index is -0.210. The number of carbonyl (C=O) groups is 1. The lowest BCUT2D eigenvalue weighted by molar-refractivity contribution is 0.0944. The van der Waals surface area contributed by atoms with Crippen molar-refractivity contribution in [2.24, 2.45) is 0 Å². The summed E-state index contributed by atoms with van der Waals surface area (Å²) < 4.78 is 1.82. The van der Waals surface area contributed by atoms with Gasteiger partial charge in [-0.15, -0.1) is 16.4 Å². The van der Waals surface area contributed by atoms with E-state index < -0.39 is 0 Å². The number of para-hydroxylation sites is 1.